The average molecular weight is 298 g/mol. The lowest BCUT2D eigenvalue weighted by molar-refractivity contribution is -0.142. The topological polar surface area (TPSA) is 40.6 Å². The van der Waals surface area contributed by atoms with Gasteiger partial charge in [-0.25, -0.2) is 0 Å². The predicted molar refractivity (Wildman–Crippen MR) is 84.6 cm³/mol. The second-order valence-electron chi connectivity index (χ2n) is 6.94. The molecule has 1 aliphatic carbocycles. The first-order valence-corrected chi connectivity index (χ1v) is 8.34. The van der Waals surface area contributed by atoms with E-state index in [-0.39, 0.29) is 17.9 Å². The van der Waals surface area contributed by atoms with Crippen molar-refractivity contribution in [3.63, 3.8) is 0 Å². The van der Waals surface area contributed by atoms with Gasteiger partial charge in [0.15, 0.2) is 0 Å². The van der Waals surface area contributed by atoms with Crippen LogP contribution in [0.1, 0.15) is 38.2 Å². The molecule has 4 nitrogen and oxygen atoms in total. The monoisotopic (exact) mass is 298 g/mol. The number of carbonyl (C=O) groups excluding carboxylic acids is 2. The predicted octanol–water partition coefficient (Wildman–Crippen LogP) is 2.37. The van der Waals surface area contributed by atoms with Crippen molar-refractivity contribution in [2.45, 2.75) is 45.1 Å². The quantitative estimate of drug-likeness (QED) is 0.787. The summed E-state index contributed by atoms with van der Waals surface area (Å²) in [6, 6.07) is 8.23. The van der Waals surface area contributed by atoms with Gasteiger partial charge in [0.2, 0.25) is 11.8 Å². The lowest BCUT2D eigenvalue weighted by atomic mass is 10.0. The van der Waals surface area contributed by atoms with Crippen LogP contribution in [0.4, 0.5) is 5.69 Å². The molecule has 3 aliphatic rings. The van der Waals surface area contributed by atoms with Crippen molar-refractivity contribution in [1.82, 2.24) is 4.90 Å². The molecule has 1 atom stereocenters. The molecule has 0 radical (unpaired) electrons. The zero-order chi connectivity index (χ0) is 15.3. The van der Waals surface area contributed by atoms with E-state index in [0.717, 1.165) is 38.0 Å². The maximum Gasteiger partial charge on any atom is 0.242 e. The third-order valence-electron chi connectivity index (χ3n) is 5.39. The van der Waals surface area contributed by atoms with Crippen LogP contribution in [-0.4, -0.2) is 35.8 Å². The van der Waals surface area contributed by atoms with Crippen LogP contribution in [0.25, 0.3) is 0 Å². The molecular formula is C18H22N2O2. The molecule has 4 rings (SSSR count). The zero-order valence-electron chi connectivity index (χ0n) is 13.0. The highest BCUT2D eigenvalue weighted by Crippen LogP contribution is 2.51. The molecule has 0 bridgehead atoms. The summed E-state index contributed by atoms with van der Waals surface area (Å²) in [5.41, 5.74) is 1.46. The summed E-state index contributed by atoms with van der Waals surface area (Å²) in [7, 11) is 0. The summed E-state index contributed by atoms with van der Waals surface area (Å²) in [5, 5.41) is 0. The molecule has 0 N–H and O–H groups in total. The van der Waals surface area contributed by atoms with E-state index >= 15 is 0 Å². The minimum Gasteiger partial charge on any atom is -0.342 e. The number of hydrogen-bond acceptors (Lipinski definition) is 2. The SMILES string of the molecule is CC1Cc2ccccc2N1C(=O)C1(C(=O)N2CCCC2)CC1. The smallest absolute Gasteiger partial charge is 0.242 e. The first-order chi connectivity index (χ1) is 10.6. The van der Waals surface area contributed by atoms with Crippen LogP contribution in [0.5, 0.6) is 0 Å². The maximum atomic E-state index is 13.2. The van der Waals surface area contributed by atoms with E-state index in [2.05, 4.69) is 13.0 Å². The maximum absolute atomic E-state index is 13.2. The van der Waals surface area contributed by atoms with Gasteiger partial charge in [0, 0.05) is 24.8 Å². The van der Waals surface area contributed by atoms with Crippen molar-refractivity contribution in [2.24, 2.45) is 5.41 Å². The van der Waals surface area contributed by atoms with E-state index in [1.165, 1.54) is 5.56 Å². The molecule has 1 unspecified atom stereocenters. The average Bonchev–Trinajstić information content (AvgIpc) is 3.01. The third-order valence-corrected chi connectivity index (χ3v) is 5.39. The third kappa shape index (κ3) is 1.89. The second-order valence-corrected chi connectivity index (χ2v) is 6.94. The minimum absolute atomic E-state index is 0.0295. The molecule has 0 aromatic heterocycles. The fraction of sp³-hybridized carbons (Fsp3) is 0.556. The van der Waals surface area contributed by atoms with Gasteiger partial charge < -0.3 is 9.80 Å². The van der Waals surface area contributed by atoms with Gasteiger partial charge in [-0.3, -0.25) is 9.59 Å². The summed E-state index contributed by atoms with van der Waals surface area (Å²) in [6.07, 6.45) is 4.45. The van der Waals surface area contributed by atoms with Gasteiger partial charge >= 0.3 is 0 Å². The van der Waals surface area contributed by atoms with Crippen LogP contribution in [-0.2, 0) is 16.0 Å². The first-order valence-electron chi connectivity index (χ1n) is 8.34. The summed E-state index contributed by atoms with van der Waals surface area (Å²) in [6.45, 7) is 3.72. The Morgan fingerprint density at radius 3 is 2.45 bits per heavy atom. The summed E-state index contributed by atoms with van der Waals surface area (Å²) in [4.78, 5) is 29.8. The molecule has 1 saturated carbocycles. The number of para-hydroxylation sites is 1. The number of carbonyl (C=O) groups is 2. The molecular weight excluding hydrogens is 276 g/mol. The van der Waals surface area contributed by atoms with Gasteiger partial charge in [-0.05, 0) is 50.7 Å². The van der Waals surface area contributed by atoms with Crippen LogP contribution < -0.4 is 4.90 Å². The van der Waals surface area contributed by atoms with E-state index in [0.29, 0.717) is 12.8 Å². The van der Waals surface area contributed by atoms with E-state index in [1.807, 2.05) is 28.0 Å². The number of hydrogen-bond donors (Lipinski definition) is 0. The van der Waals surface area contributed by atoms with Crippen LogP contribution >= 0.6 is 0 Å². The van der Waals surface area contributed by atoms with Crippen molar-refractivity contribution >= 4 is 17.5 Å². The largest absolute Gasteiger partial charge is 0.342 e. The molecule has 2 fully saturated rings. The molecule has 1 saturated heterocycles. The first kappa shape index (κ1) is 13.8. The number of rotatable bonds is 2. The standard InChI is InChI=1S/C18H22N2O2/c1-13-12-14-6-2-3-7-15(14)20(13)17(22)18(8-9-18)16(21)19-10-4-5-11-19/h2-3,6-7,13H,4-5,8-12H2,1H3. The molecule has 4 heteroatoms. The Bertz CT molecular complexity index is 630. The fourth-order valence-electron chi connectivity index (χ4n) is 3.97. The van der Waals surface area contributed by atoms with E-state index in [1.54, 1.807) is 0 Å². The van der Waals surface area contributed by atoms with Gasteiger partial charge in [-0.1, -0.05) is 18.2 Å². The van der Waals surface area contributed by atoms with Crippen molar-refractivity contribution in [2.75, 3.05) is 18.0 Å². The molecule has 22 heavy (non-hydrogen) atoms. The van der Waals surface area contributed by atoms with Crippen LogP contribution in [0.2, 0.25) is 0 Å². The van der Waals surface area contributed by atoms with Crippen molar-refractivity contribution in [3.8, 4) is 0 Å². The second kappa shape index (κ2) is 4.83. The van der Waals surface area contributed by atoms with Crippen molar-refractivity contribution < 1.29 is 9.59 Å². The van der Waals surface area contributed by atoms with Crippen LogP contribution in [0.3, 0.4) is 0 Å². The van der Waals surface area contributed by atoms with E-state index < -0.39 is 5.41 Å². The summed E-state index contributed by atoms with van der Waals surface area (Å²) in [5.74, 6) is 0.105. The number of nitrogens with zero attached hydrogens (tertiary/aromatic N) is 2. The number of fused-ring (bicyclic) bond motifs is 1. The molecule has 2 heterocycles. The number of benzene rings is 1. The van der Waals surface area contributed by atoms with Gasteiger partial charge in [0.25, 0.3) is 0 Å². The molecule has 116 valence electrons. The normalized spacial score (nSPS) is 25.2. The number of amides is 2. The van der Waals surface area contributed by atoms with E-state index in [4.69, 9.17) is 0 Å². The molecule has 0 spiro atoms. The number of likely N-dealkylation sites (tertiary alicyclic amines) is 1. The Kier molecular flexibility index (Phi) is 3.03. The Labute approximate surface area is 131 Å². The Morgan fingerprint density at radius 1 is 1.09 bits per heavy atom. The highest BCUT2D eigenvalue weighted by Gasteiger charge is 2.60. The molecule has 2 amide bonds. The Hall–Kier alpha value is -1.84. The highest BCUT2D eigenvalue weighted by atomic mass is 16.2. The summed E-state index contributed by atoms with van der Waals surface area (Å²) < 4.78 is 0. The van der Waals surface area contributed by atoms with Gasteiger partial charge in [-0.2, -0.15) is 0 Å². The fourth-order valence-corrected chi connectivity index (χ4v) is 3.97. The molecule has 2 aliphatic heterocycles. The van der Waals surface area contributed by atoms with E-state index in [9.17, 15) is 9.59 Å². The minimum atomic E-state index is -0.754. The van der Waals surface area contributed by atoms with Crippen LogP contribution in [0, 0.1) is 5.41 Å². The molecule has 1 aromatic carbocycles. The summed E-state index contributed by atoms with van der Waals surface area (Å²) >= 11 is 0. The number of anilines is 1. The van der Waals surface area contributed by atoms with Gasteiger partial charge in [0.05, 0.1) is 0 Å². The van der Waals surface area contributed by atoms with Crippen molar-refractivity contribution in [1.29, 1.82) is 0 Å². The highest BCUT2D eigenvalue weighted by molar-refractivity contribution is 6.15. The lowest BCUT2D eigenvalue weighted by Gasteiger charge is -2.29. The zero-order valence-corrected chi connectivity index (χ0v) is 13.0. The van der Waals surface area contributed by atoms with Crippen molar-refractivity contribution in [3.05, 3.63) is 29.8 Å². The Morgan fingerprint density at radius 2 is 1.77 bits per heavy atom. The van der Waals surface area contributed by atoms with Gasteiger partial charge in [0.1, 0.15) is 5.41 Å². The Balaban J connectivity index is 1.63. The van der Waals surface area contributed by atoms with Gasteiger partial charge in [-0.15, -0.1) is 0 Å². The molecule has 1 aromatic rings. The van der Waals surface area contributed by atoms with Crippen LogP contribution in [0.15, 0.2) is 24.3 Å². The lowest BCUT2D eigenvalue weighted by Crippen LogP contribution is -2.48.